The molecule has 7 rings (SSSR count). The monoisotopic (exact) mass is 600 g/mol. The fourth-order valence-electron chi connectivity index (χ4n) is 9.50. The first-order valence-electron chi connectivity index (χ1n) is 17.7. The number of piperidine rings is 1. The molecule has 6 nitrogen and oxygen atoms in total. The number of ether oxygens (including phenoxy) is 2. The van der Waals surface area contributed by atoms with Crippen molar-refractivity contribution in [2.45, 2.75) is 127 Å². The first-order chi connectivity index (χ1) is 21.4. The van der Waals surface area contributed by atoms with Gasteiger partial charge in [-0.25, -0.2) is 0 Å². The highest BCUT2D eigenvalue weighted by Gasteiger charge is 2.73. The van der Waals surface area contributed by atoms with Crippen molar-refractivity contribution >= 4 is 5.97 Å². The molecule has 6 heteroatoms. The molecule has 1 spiro atoms. The maximum Gasteiger partial charge on any atom is 0.308 e. The van der Waals surface area contributed by atoms with E-state index in [4.69, 9.17) is 9.47 Å². The Bertz CT molecular complexity index is 1330. The Morgan fingerprint density at radius 3 is 2.59 bits per heavy atom. The van der Waals surface area contributed by atoms with Crippen LogP contribution in [0.3, 0.4) is 0 Å². The van der Waals surface area contributed by atoms with Crippen LogP contribution in [0, 0.1) is 5.92 Å². The van der Waals surface area contributed by atoms with Gasteiger partial charge in [0, 0.05) is 31.1 Å². The minimum absolute atomic E-state index is 0.121. The quantitative estimate of drug-likeness (QED) is 0.153. The molecule has 0 radical (unpaired) electrons. The van der Waals surface area contributed by atoms with E-state index in [1.807, 2.05) is 6.07 Å². The molecule has 1 saturated heterocycles. The second-order valence-corrected chi connectivity index (χ2v) is 14.5. The first kappa shape index (κ1) is 30.3. The molecule has 2 heterocycles. The molecule has 0 unspecified atom stereocenters. The summed E-state index contributed by atoms with van der Waals surface area (Å²) in [7, 11) is 0. The maximum absolute atomic E-state index is 13.0. The van der Waals surface area contributed by atoms with Gasteiger partial charge in [0.05, 0.1) is 11.0 Å². The zero-order valence-electron chi connectivity index (χ0n) is 26.9. The van der Waals surface area contributed by atoms with Gasteiger partial charge in [0.15, 0.2) is 11.5 Å². The van der Waals surface area contributed by atoms with Gasteiger partial charge in [0.2, 0.25) is 0 Å². The van der Waals surface area contributed by atoms with Crippen LogP contribution < -0.4 is 9.47 Å². The second-order valence-electron chi connectivity index (χ2n) is 14.5. The minimum atomic E-state index is -0.831. The summed E-state index contributed by atoms with van der Waals surface area (Å²) < 4.78 is 12.8. The summed E-state index contributed by atoms with van der Waals surface area (Å²) in [6.07, 6.45) is 14.4. The molecule has 0 aromatic heterocycles. The highest BCUT2D eigenvalue weighted by molar-refractivity contribution is 5.72. The van der Waals surface area contributed by atoms with Crippen LogP contribution in [0.5, 0.6) is 11.5 Å². The fraction of sp³-hybridized carbons (Fsp3) is 0.658. The molecule has 44 heavy (non-hydrogen) atoms. The van der Waals surface area contributed by atoms with E-state index in [1.165, 1.54) is 69.4 Å². The van der Waals surface area contributed by atoms with Gasteiger partial charge < -0.3 is 14.6 Å². The number of aryl methyl sites for hydroxylation is 1. The van der Waals surface area contributed by atoms with Crippen LogP contribution in [-0.4, -0.2) is 70.8 Å². The molecule has 5 aliphatic rings. The van der Waals surface area contributed by atoms with E-state index >= 15 is 0 Å². The molecule has 1 N–H and O–H groups in total. The first-order valence-corrected chi connectivity index (χ1v) is 17.7. The zero-order valence-corrected chi connectivity index (χ0v) is 26.9. The van der Waals surface area contributed by atoms with Crippen molar-refractivity contribution in [3.05, 3.63) is 59.2 Å². The normalized spacial score (nSPS) is 30.2. The van der Waals surface area contributed by atoms with E-state index < -0.39 is 11.0 Å². The van der Waals surface area contributed by atoms with Gasteiger partial charge in [-0.15, -0.1) is 0 Å². The van der Waals surface area contributed by atoms with Crippen molar-refractivity contribution in [2.75, 3.05) is 26.2 Å². The number of carbonyl (C=O) groups is 1. The predicted molar refractivity (Wildman–Crippen MR) is 173 cm³/mol. The average Bonchev–Trinajstić information content (AvgIpc) is 3.76. The standard InChI is InChI=1S/C38H52N2O4/c1-3-4-22-39(23-11-6-5-8-12-28-13-9-7-10-14-28)31-19-20-38(42)33-25-30-17-18-32(43-27(2)41)35-34(30)37(38,36(31)44-35)21-24-40(33)26-29-15-16-29/h7,9-10,13-14,17-18,29,31,33,36,42H,3-6,8,11-12,15-16,19-26H2,1-2H3/t31-,33-,36+,37+,38-/m1/s1. The maximum atomic E-state index is 13.0. The lowest BCUT2D eigenvalue weighted by Crippen LogP contribution is -2.78. The number of likely N-dealkylation sites (tertiary alicyclic amines) is 1. The number of aliphatic hydroxyl groups is 1. The number of benzene rings is 2. The van der Waals surface area contributed by atoms with Crippen molar-refractivity contribution in [3.63, 3.8) is 0 Å². The summed E-state index contributed by atoms with van der Waals surface area (Å²) in [5.74, 6) is 1.73. The number of unbranched alkanes of at least 4 members (excludes halogenated alkanes) is 4. The van der Waals surface area contributed by atoms with Crippen LogP contribution in [0.4, 0.5) is 0 Å². The van der Waals surface area contributed by atoms with Gasteiger partial charge in [0.25, 0.3) is 0 Å². The third kappa shape index (κ3) is 5.29. The summed E-state index contributed by atoms with van der Waals surface area (Å²) in [5, 5.41) is 13.0. The third-order valence-corrected chi connectivity index (χ3v) is 11.7. The van der Waals surface area contributed by atoms with Gasteiger partial charge in [0.1, 0.15) is 6.10 Å². The van der Waals surface area contributed by atoms with Crippen LogP contribution in [0.2, 0.25) is 0 Å². The molecule has 2 bridgehead atoms. The summed E-state index contributed by atoms with van der Waals surface area (Å²) in [6, 6.07) is 15.3. The van der Waals surface area contributed by atoms with Crippen LogP contribution in [0.1, 0.15) is 101 Å². The number of hydrogen-bond acceptors (Lipinski definition) is 6. The van der Waals surface area contributed by atoms with Crippen molar-refractivity contribution in [1.29, 1.82) is 0 Å². The summed E-state index contributed by atoms with van der Waals surface area (Å²) in [5.41, 5.74) is 2.59. The van der Waals surface area contributed by atoms with Crippen molar-refractivity contribution in [3.8, 4) is 11.5 Å². The smallest absolute Gasteiger partial charge is 0.308 e. The van der Waals surface area contributed by atoms with Crippen LogP contribution in [-0.2, 0) is 23.1 Å². The Morgan fingerprint density at radius 2 is 1.82 bits per heavy atom. The molecule has 2 aromatic carbocycles. The lowest BCUT2D eigenvalue weighted by atomic mass is 9.48. The molecule has 3 fully saturated rings. The molecule has 2 aromatic rings. The zero-order chi connectivity index (χ0) is 30.3. The number of carbonyl (C=O) groups excluding carboxylic acids is 1. The van der Waals surface area contributed by atoms with Gasteiger partial charge >= 0.3 is 5.97 Å². The number of rotatable bonds is 14. The molecule has 3 aliphatic carbocycles. The number of hydrogen-bond donors (Lipinski definition) is 1. The SMILES string of the molecule is CCCCN(CCCCCCc1ccccc1)[C@@H]1CC[C@@]2(O)[C@H]3Cc4ccc(OC(C)=O)c5c4[C@@]2(CCN3CC2CC2)[C@H]1O5. The van der Waals surface area contributed by atoms with Gasteiger partial charge in [-0.2, -0.15) is 0 Å². The van der Waals surface area contributed by atoms with E-state index in [9.17, 15) is 9.90 Å². The van der Waals surface area contributed by atoms with Crippen molar-refractivity contribution < 1.29 is 19.4 Å². The van der Waals surface area contributed by atoms with Gasteiger partial charge in [-0.05, 0) is 107 Å². The van der Waals surface area contributed by atoms with E-state index in [-0.39, 0.29) is 24.2 Å². The van der Waals surface area contributed by atoms with E-state index in [1.54, 1.807) is 0 Å². The highest BCUT2D eigenvalue weighted by Crippen LogP contribution is 2.66. The largest absolute Gasteiger partial charge is 0.483 e. The highest BCUT2D eigenvalue weighted by atomic mass is 16.6. The molecule has 0 amide bonds. The summed E-state index contributed by atoms with van der Waals surface area (Å²) in [4.78, 5) is 17.5. The van der Waals surface area contributed by atoms with Gasteiger partial charge in [-0.3, -0.25) is 14.6 Å². The number of esters is 1. The minimum Gasteiger partial charge on any atom is -0.483 e. The fourth-order valence-corrected chi connectivity index (χ4v) is 9.50. The third-order valence-electron chi connectivity index (χ3n) is 11.7. The summed E-state index contributed by atoms with van der Waals surface area (Å²) in [6.45, 7) is 7.99. The predicted octanol–water partition coefficient (Wildman–Crippen LogP) is 6.45. The van der Waals surface area contributed by atoms with E-state index in [0.29, 0.717) is 5.75 Å². The lowest BCUT2D eigenvalue weighted by Gasteiger charge is -2.65. The molecule has 2 aliphatic heterocycles. The molecular formula is C38H52N2O4. The Labute approximate surface area is 264 Å². The van der Waals surface area contributed by atoms with Crippen molar-refractivity contribution in [1.82, 2.24) is 9.80 Å². The van der Waals surface area contributed by atoms with Crippen LogP contribution in [0.25, 0.3) is 0 Å². The van der Waals surface area contributed by atoms with Crippen LogP contribution in [0.15, 0.2) is 42.5 Å². The lowest BCUT2D eigenvalue weighted by molar-refractivity contribution is -0.200. The molecule has 5 atom stereocenters. The average molecular weight is 601 g/mol. The number of nitrogens with zero attached hydrogens (tertiary/aromatic N) is 2. The van der Waals surface area contributed by atoms with E-state index in [0.717, 1.165) is 75.5 Å². The molecule has 2 saturated carbocycles. The Hall–Kier alpha value is -2.41. The van der Waals surface area contributed by atoms with Crippen LogP contribution >= 0.6 is 0 Å². The van der Waals surface area contributed by atoms with Crippen molar-refractivity contribution in [2.24, 2.45) is 5.92 Å². The van der Waals surface area contributed by atoms with Gasteiger partial charge in [-0.1, -0.05) is 62.6 Å². The van der Waals surface area contributed by atoms with E-state index in [2.05, 4.69) is 53.1 Å². The molecule has 238 valence electrons. The second kappa shape index (κ2) is 12.4. The Balaban J connectivity index is 1.14. The summed E-state index contributed by atoms with van der Waals surface area (Å²) >= 11 is 0. The Morgan fingerprint density at radius 1 is 1.02 bits per heavy atom. The topological polar surface area (TPSA) is 62.2 Å². The molecular weight excluding hydrogens is 548 g/mol. The Kier molecular flexibility index (Phi) is 8.54.